The predicted molar refractivity (Wildman–Crippen MR) is 92.0 cm³/mol. The van der Waals surface area contributed by atoms with Gasteiger partial charge in [-0.15, -0.1) is 0 Å². The molecule has 2 aliphatic rings. The summed E-state index contributed by atoms with van der Waals surface area (Å²) in [6, 6.07) is 4.18. The molecular weight excluding hydrogens is 344 g/mol. The third kappa shape index (κ3) is 3.94. The van der Waals surface area contributed by atoms with E-state index in [4.69, 9.17) is 9.47 Å². The van der Waals surface area contributed by atoms with E-state index in [1.807, 2.05) is 6.07 Å². The van der Waals surface area contributed by atoms with Gasteiger partial charge in [0.2, 0.25) is 0 Å². The Labute approximate surface area is 141 Å². The lowest BCUT2D eigenvalue weighted by atomic mass is 9.96. The van der Waals surface area contributed by atoms with Crippen LogP contribution in [0.5, 0.6) is 11.5 Å². The van der Waals surface area contributed by atoms with Gasteiger partial charge >= 0.3 is 0 Å². The first-order chi connectivity index (χ1) is 10.8. The summed E-state index contributed by atoms with van der Waals surface area (Å²) in [5.41, 5.74) is 1.25. The number of hydrogen-bond donors (Lipinski definition) is 1. The summed E-state index contributed by atoms with van der Waals surface area (Å²) >= 11 is 3.59. The molecule has 1 N–H and O–H groups in total. The van der Waals surface area contributed by atoms with Crippen LogP contribution in [0.25, 0.3) is 0 Å². The Bertz CT molecular complexity index is 500. The molecule has 1 aromatic carbocycles. The van der Waals surface area contributed by atoms with E-state index in [1.54, 1.807) is 7.11 Å². The van der Waals surface area contributed by atoms with Crippen molar-refractivity contribution in [2.24, 2.45) is 0 Å². The summed E-state index contributed by atoms with van der Waals surface area (Å²) in [7, 11) is 1.72. The monoisotopic (exact) mass is 368 g/mol. The minimum atomic E-state index is 0.369. The first kappa shape index (κ1) is 16.1. The number of nitrogens with zero attached hydrogens (tertiary/aromatic N) is 1. The van der Waals surface area contributed by atoms with E-state index in [-0.39, 0.29) is 0 Å². The number of methoxy groups -OCH3 is 1. The molecule has 0 spiro atoms. The fraction of sp³-hybridized carbons (Fsp3) is 0.647. The molecule has 3 rings (SSSR count). The topological polar surface area (TPSA) is 33.7 Å². The molecule has 22 heavy (non-hydrogen) atoms. The van der Waals surface area contributed by atoms with Crippen LogP contribution in [0.2, 0.25) is 0 Å². The molecule has 2 fully saturated rings. The molecule has 4 nitrogen and oxygen atoms in total. The maximum atomic E-state index is 6.22. The van der Waals surface area contributed by atoms with Crippen LogP contribution in [0.3, 0.4) is 0 Å². The van der Waals surface area contributed by atoms with Gasteiger partial charge in [0.1, 0.15) is 0 Å². The lowest BCUT2D eigenvalue weighted by Crippen LogP contribution is -2.44. The Morgan fingerprint density at radius 3 is 2.68 bits per heavy atom. The molecule has 1 heterocycles. The number of nitrogens with one attached hydrogen (secondary N) is 1. The zero-order valence-corrected chi connectivity index (χ0v) is 14.8. The quantitative estimate of drug-likeness (QED) is 0.836. The molecular formula is C17H25BrN2O2. The summed E-state index contributed by atoms with van der Waals surface area (Å²) in [5, 5.41) is 3.40. The van der Waals surface area contributed by atoms with E-state index >= 15 is 0 Å². The smallest absolute Gasteiger partial charge is 0.164 e. The number of rotatable bonds is 6. The highest BCUT2D eigenvalue weighted by Gasteiger charge is 2.23. The number of halogens is 1. The van der Waals surface area contributed by atoms with Crippen LogP contribution in [-0.2, 0) is 6.42 Å². The van der Waals surface area contributed by atoms with Gasteiger partial charge in [0.15, 0.2) is 11.5 Å². The Morgan fingerprint density at radius 2 is 2.05 bits per heavy atom. The molecule has 0 unspecified atom stereocenters. The van der Waals surface area contributed by atoms with Gasteiger partial charge in [-0.05, 0) is 37.8 Å². The van der Waals surface area contributed by atoms with Gasteiger partial charge < -0.3 is 19.7 Å². The van der Waals surface area contributed by atoms with E-state index in [9.17, 15) is 0 Å². The lowest BCUT2D eigenvalue weighted by Gasteiger charge is -2.30. The zero-order chi connectivity index (χ0) is 15.4. The largest absolute Gasteiger partial charge is 0.493 e. The van der Waals surface area contributed by atoms with Crippen molar-refractivity contribution in [3.63, 3.8) is 0 Å². The Morgan fingerprint density at radius 1 is 1.27 bits per heavy atom. The van der Waals surface area contributed by atoms with Crippen LogP contribution >= 0.6 is 15.9 Å². The fourth-order valence-electron chi connectivity index (χ4n) is 2.96. The first-order valence-electron chi connectivity index (χ1n) is 8.22. The van der Waals surface area contributed by atoms with Crippen molar-refractivity contribution < 1.29 is 9.47 Å². The van der Waals surface area contributed by atoms with Gasteiger partial charge in [0, 0.05) is 42.8 Å². The lowest BCUT2D eigenvalue weighted by molar-refractivity contribution is 0.114. The van der Waals surface area contributed by atoms with Crippen molar-refractivity contribution in [1.82, 2.24) is 10.2 Å². The normalized spacial score (nSPS) is 19.7. The Hall–Kier alpha value is -0.780. The molecule has 1 saturated carbocycles. The minimum absolute atomic E-state index is 0.369. The van der Waals surface area contributed by atoms with E-state index < -0.39 is 0 Å². The highest BCUT2D eigenvalue weighted by atomic mass is 79.9. The molecule has 0 bridgehead atoms. The molecule has 1 saturated heterocycles. The Kier molecular flexibility index (Phi) is 5.61. The highest BCUT2D eigenvalue weighted by Crippen LogP contribution is 2.38. The summed E-state index contributed by atoms with van der Waals surface area (Å²) in [5.74, 6) is 1.79. The van der Waals surface area contributed by atoms with Crippen molar-refractivity contribution in [2.75, 3.05) is 39.8 Å². The summed E-state index contributed by atoms with van der Waals surface area (Å²) in [4.78, 5) is 2.51. The number of hydrogen-bond acceptors (Lipinski definition) is 4. The summed E-state index contributed by atoms with van der Waals surface area (Å²) in [6.45, 7) is 5.51. The minimum Gasteiger partial charge on any atom is -0.493 e. The second-order valence-electron chi connectivity index (χ2n) is 6.11. The maximum absolute atomic E-state index is 6.22. The van der Waals surface area contributed by atoms with Crippen LogP contribution in [-0.4, -0.2) is 50.8 Å². The van der Waals surface area contributed by atoms with Crippen molar-refractivity contribution in [1.29, 1.82) is 0 Å². The van der Waals surface area contributed by atoms with E-state index in [0.717, 1.165) is 68.0 Å². The molecule has 5 heteroatoms. The molecule has 0 amide bonds. The maximum Gasteiger partial charge on any atom is 0.164 e. The number of ether oxygens (including phenoxy) is 2. The molecule has 1 aromatic rings. The molecule has 122 valence electrons. The van der Waals surface area contributed by atoms with E-state index in [1.165, 1.54) is 12.0 Å². The van der Waals surface area contributed by atoms with Crippen LogP contribution in [0.15, 0.2) is 16.6 Å². The molecule has 0 aromatic heterocycles. The van der Waals surface area contributed by atoms with E-state index in [2.05, 4.69) is 32.2 Å². The summed E-state index contributed by atoms with van der Waals surface area (Å²) < 4.78 is 12.8. The van der Waals surface area contributed by atoms with Crippen molar-refractivity contribution >= 4 is 15.9 Å². The van der Waals surface area contributed by atoms with Crippen molar-refractivity contribution in [2.45, 2.75) is 31.8 Å². The fourth-order valence-corrected chi connectivity index (χ4v) is 3.45. The molecule has 1 aliphatic heterocycles. The Balaban J connectivity index is 1.72. The van der Waals surface area contributed by atoms with Crippen molar-refractivity contribution in [3.05, 3.63) is 22.2 Å². The predicted octanol–water partition coefficient (Wildman–Crippen LogP) is 2.84. The zero-order valence-electron chi connectivity index (χ0n) is 13.2. The van der Waals surface area contributed by atoms with Gasteiger partial charge in [0.25, 0.3) is 0 Å². The van der Waals surface area contributed by atoms with Gasteiger partial charge in [-0.2, -0.15) is 0 Å². The average Bonchev–Trinajstić information content (AvgIpc) is 2.50. The third-order valence-corrected chi connectivity index (χ3v) is 5.02. The van der Waals surface area contributed by atoms with Crippen LogP contribution in [0.4, 0.5) is 0 Å². The van der Waals surface area contributed by atoms with Crippen molar-refractivity contribution in [3.8, 4) is 11.5 Å². The van der Waals surface area contributed by atoms with Gasteiger partial charge in [0.05, 0.1) is 13.2 Å². The third-order valence-electron chi connectivity index (χ3n) is 4.56. The second kappa shape index (κ2) is 7.66. The number of piperazine rings is 1. The van der Waals surface area contributed by atoms with Gasteiger partial charge in [-0.25, -0.2) is 0 Å². The first-order valence-corrected chi connectivity index (χ1v) is 9.01. The summed E-state index contributed by atoms with van der Waals surface area (Å²) in [6.07, 6.45) is 4.97. The average molecular weight is 369 g/mol. The standard InChI is InChI=1S/C17H25BrN2O2/c1-21-16-12-14(18)11-13(17(16)22-15-3-2-4-15)5-8-20-9-6-19-7-10-20/h11-12,15,19H,2-10H2,1H3. The SMILES string of the molecule is COc1cc(Br)cc(CCN2CCNCC2)c1OC1CCC1. The van der Waals surface area contributed by atoms with Crippen LogP contribution in [0.1, 0.15) is 24.8 Å². The van der Waals surface area contributed by atoms with Gasteiger partial charge in [-0.3, -0.25) is 0 Å². The van der Waals surface area contributed by atoms with Crippen LogP contribution in [0, 0.1) is 0 Å². The molecule has 0 radical (unpaired) electrons. The van der Waals surface area contributed by atoms with E-state index in [0.29, 0.717) is 6.10 Å². The molecule has 0 atom stereocenters. The molecule has 1 aliphatic carbocycles. The van der Waals surface area contributed by atoms with Gasteiger partial charge in [-0.1, -0.05) is 15.9 Å². The van der Waals surface area contributed by atoms with Crippen LogP contribution < -0.4 is 14.8 Å². The second-order valence-corrected chi connectivity index (χ2v) is 7.02. The number of benzene rings is 1. The highest BCUT2D eigenvalue weighted by molar-refractivity contribution is 9.10.